The van der Waals surface area contributed by atoms with Crippen LogP contribution in [0.1, 0.15) is 17.3 Å². The number of β-lactam (4-membered cyclic amide) rings is 1. The molecule has 13 heteroatoms. The van der Waals surface area contributed by atoms with E-state index < -0.39 is 34.2 Å². The summed E-state index contributed by atoms with van der Waals surface area (Å²) in [4.78, 5) is 33.6. The molecule has 1 fully saturated rings. The summed E-state index contributed by atoms with van der Waals surface area (Å²) in [5.41, 5.74) is 5.87. The van der Waals surface area contributed by atoms with Gasteiger partial charge in [0.15, 0.2) is 10.8 Å². The normalized spacial score (nSPS) is 19.9. The zero-order valence-corrected chi connectivity index (χ0v) is 16.0. The Hall–Kier alpha value is -3.03. The van der Waals surface area contributed by atoms with Gasteiger partial charge in [0.25, 0.3) is 11.8 Å². The summed E-state index contributed by atoms with van der Waals surface area (Å²) < 4.78 is 32.8. The Kier molecular flexibility index (Phi) is 5.31. The van der Waals surface area contributed by atoms with Crippen LogP contribution in [0.15, 0.2) is 40.9 Å². The number of hydrogen-bond acceptors (Lipinski definition) is 9. The quantitative estimate of drug-likeness (QED) is 0.251. The number of nitrogens with one attached hydrogen (secondary N) is 1. The summed E-state index contributed by atoms with van der Waals surface area (Å²) in [6, 6.07) is 5.75. The highest BCUT2D eigenvalue weighted by atomic mass is 32.2. The Labute approximate surface area is 163 Å². The molecule has 1 aromatic carbocycles. The van der Waals surface area contributed by atoms with E-state index in [1.807, 2.05) is 0 Å². The van der Waals surface area contributed by atoms with Gasteiger partial charge in [-0.1, -0.05) is 35.5 Å². The standard InChI is InChI=1S/C15H15N5O6S2/c1-26-19-10(9-7-27-15(16)17-9)13(21)18-11-12(8-5-3-2-4-6-8)20(14(11)22)28(23,24)25/h2-7,11-12H,1H3,(H2,16,17)(H,18,21)(H,23,24,25). The SMILES string of the molecule is CON=C(C(=O)NC1C(=O)N(S(=O)(=O)O)C1c1ccccc1)c1csc(N)n1. The number of rotatable bonds is 6. The fourth-order valence-corrected chi connectivity index (χ4v) is 4.16. The number of amides is 2. The number of nitrogen functional groups attached to an aromatic ring is 1. The molecular weight excluding hydrogens is 410 g/mol. The first kappa shape index (κ1) is 19.7. The van der Waals surface area contributed by atoms with Crippen LogP contribution in [0.25, 0.3) is 0 Å². The largest absolute Gasteiger partial charge is 0.398 e. The van der Waals surface area contributed by atoms with Gasteiger partial charge in [0.2, 0.25) is 0 Å². The number of aromatic nitrogens is 1. The summed E-state index contributed by atoms with van der Waals surface area (Å²) in [6.45, 7) is 0. The maximum Gasteiger partial charge on any atom is 0.362 e. The topological polar surface area (TPSA) is 164 Å². The number of carbonyl (C=O) groups is 2. The summed E-state index contributed by atoms with van der Waals surface area (Å²) >= 11 is 1.08. The second-order valence-electron chi connectivity index (χ2n) is 5.61. The smallest absolute Gasteiger partial charge is 0.362 e. The molecule has 1 aliphatic heterocycles. The fraction of sp³-hybridized carbons (Fsp3) is 0.200. The highest BCUT2D eigenvalue weighted by molar-refractivity contribution is 7.84. The second-order valence-corrected chi connectivity index (χ2v) is 7.79. The highest BCUT2D eigenvalue weighted by Crippen LogP contribution is 2.37. The molecule has 2 atom stereocenters. The first-order valence-corrected chi connectivity index (χ1v) is 10.0. The first-order valence-electron chi connectivity index (χ1n) is 7.73. The molecule has 4 N–H and O–H groups in total. The molecule has 11 nitrogen and oxygen atoms in total. The minimum atomic E-state index is -4.81. The lowest BCUT2D eigenvalue weighted by molar-refractivity contribution is -0.145. The number of nitrogens with zero attached hydrogens (tertiary/aromatic N) is 3. The predicted molar refractivity (Wildman–Crippen MR) is 99.6 cm³/mol. The van der Waals surface area contributed by atoms with Gasteiger partial charge in [0, 0.05) is 5.38 Å². The molecule has 0 spiro atoms. The average molecular weight is 425 g/mol. The van der Waals surface area contributed by atoms with E-state index in [0.717, 1.165) is 11.3 Å². The average Bonchev–Trinajstić information content (AvgIpc) is 3.07. The molecule has 3 rings (SSSR count). The summed E-state index contributed by atoms with van der Waals surface area (Å²) in [5.74, 6) is -1.80. The van der Waals surface area contributed by atoms with Crippen molar-refractivity contribution in [2.24, 2.45) is 5.16 Å². The summed E-state index contributed by atoms with van der Waals surface area (Å²) in [5, 5.41) is 7.71. The summed E-state index contributed by atoms with van der Waals surface area (Å²) in [7, 11) is -3.58. The predicted octanol–water partition coefficient (Wildman–Crippen LogP) is -0.0531. The van der Waals surface area contributed by atoms with E-state index in [1.165, 1.54) is 12.5 Å². The maximum absolute atomic E-state index is 12.6. The lowest BCUT2D eigenvalue weighted by Crippen LogP contribution is -2.67. The van der Waals surface area contributed by atoms with Gasteiger partial charge in [-0.2, -0.15) is 8.42 Å². The third-order valence-electron chi connectivity index (χ3n) is 3.89. The van der Waals surface area contributed by atoms with Crippen molar-refractivity contribution in [3.63, 3.8) is 0 Å². The van der Waals surface area contributed by atoms with E-state index in [2.05, 4.69) is 20.3 Å². The molecule has 148 valence electrons. The number of nitrogens with two attached hydrogens (primary N) is 1. The van der Waals surface area contributed by atoms with Crippen LogP contribution in [0, 0.1) is 0 Å². The lowest BCUT2D eigenvalue weighted by Gasteiger charge is -2.44. The third kappa shape index (κ3) is 3.67. The van der Waals surface area contributed by atoms with Crippen LogP contribution in [-0.4, -0.2) is 52.9 Å². The van der Waals surface area contributed by atoms with Gasteiger partial charge in [-0.25, -0.2) is 9.29 Å². The maximum atomic E-state index is 12.6. The Balaban J connectivity index is 1.90. The van der Waals surface area contributed by atoms with Gasteiger partial charge < -0.3 is 15.9 Å². The molecule has 1 aromatic heterocycles. The minimum absolute atomic E-state index is 0.136. The van der Waals surface area contributed by atoms with Crippen LogP contribution in [-0.2, 0) is 24.7 Å². The fourth-order valence-electron chi connectivity index (χ4n) is 2.74. The number of thiazole rings is 1. The van der Waals surface area contributed by atoms with Crippen molar-refractivity contribution in [2.75, 3.05) is 12.8 Å². The molecule has 0 aliphatic carbocycles. The molecule has 2 aromatic rings. The molecule has 0 saturated carbocycles. The highest BCUT2D eigenvalue weighted by Gasteiger charge is 2.54. The third-order valence-corrected chi connectivity index (χ3v) is 5.47. The molecule has 28 heavy (non-hydrogen) atoms. The van der Waals surface area contributed by atoms with Crippen molar-refractivity contribution in [3.05, 3.63) is 47.0 Å². The Morgan fingerprint density at radius 2 is 2.07 bits per heavy atom. The van der Waals surface area contributed by atoms with Crippen molar-refractivity contribution in [2.45, 2.75) is 12.1 Å². The number of carbonyl (C=O) groups excluding carboxylic acids is 2. The minimum Gasteiger partial charge on any atom is -0.398 e. The van der Waals surface area contributed by atoms with Gasteiger partial charge in [-0.3, -0.25) is 14.1 Å². The van der Waals surface area contributed by atoms with Crippen LogP contribution in [0.3, 0.4) is 0 Å². The molecule has 2 unspecified atom stereocenters. The molecular formula is C15H15N5O6S2. The van der Waals surface area contributed by atoms with Gasteiger partial charge in [0.05, 0.1) is 0 Å². The van der Waals surface area contributed by atoms with Crippen molar-refractivity contribution in [1.82, 2.24) is 14.6 Å². The zero-order valence-electron chi connectivity index (χ0n) is 14.3. The van der Waals surface area contributed by atoms with Crippen molar-refractivity contribution in [1.29, 1.82) is 0 Å². The van der Waals surface area contributed by atoms with E-state index in [-0.39, 0.29) is 16.5 Å². The van der Waals surface area contributed by atoms with E-state index in [1.54, 1.807) is 30.3 Å². The lowest BCUT2D eigenvalue weighted by atomic mass is 9.91. The number of hydrogen-bond donors (Lipinski definition) is 3. The molecule has 2 heterocycles. The zero-order chi connectivity index (χ0) is 20.5. The van der Waals surface area contributed by atoms with Gasteiger partial charge in [-0.05, 0) is 5.56 Å². The molecule has 0 radical (unpaired) electrons. The Morgan fingerprint density at radius 3 is 2.61 bits per heavy atom. The van der Waals surface area contributed by atoms with Crippen LogP contribution in [0.4, 0.5) is 5.13 Å². The molecule has 1 saturated heterocycles. The number of anilines is 1. The number of benzene rings is 1. The van der Waals surface area contributed by atoms with E-state index in [0.29, 0.717) is 9.87 Å². The van der Waals surface area contributed by atoms with E-state index >= 15 is 0 Å². The summed E-state index contributed by atoms with van der Waals surface area (Å²) in [6.07, 6.45) is 0. The monoisotopic (exact) mass is 425 g/mol. The van der Waals surface area contributed by atoms with Crippen molar-refractivity contribution < 1.29 is 27.4 Å². The Bertz CT molecular complexity index is 1040. The van der Waals surface area contributed by atoms with Gasteiger partial charge in [0.1, 0.15) is 24.9 Å². The second kappa shape index (κ2) is 7.53. The van der Waals surface area contributed by atoms with Crippen LogP contribution in [0.2, 0.25) is 0 Å². The van der Waals surface area contributed by atoms with E-state index in [4.69, 9.17) is 5.73 Å². The van der Waals surface area contributed by atoms with Crippen LogP contribution < -0.4 is 11.1 Å². The van der Waals surface area contributed by atoms with Crippen molar-refractivity contribution in [3.8, 4) is 0 Å². The molecule has 1 aliphatic rings. The van der Waals surface area contributed by atoms with Gasteiger partial charge in [-0.15, -0.1) is 11.3 Å². The molecule has 2 amide bonds. The van der Waals surface area contributed by atoms with Gasteiger partial charge >= 0.3 is 10.3 Å². The van der Waals surface area contributed by atoms with Crippen LogP contribution >= 0.6 is 11.3 Å². The Morgan fingerprint density at radius 1 is 1.39 bits per heavy atom. The first-order chi connectivity index (χ1) is 13.2. The number of oxime groups is 1. The van der Waals surface area contributed by atoms with Crippen molar-refractivity contribution >= 4 is 44.3 Å². The molecule has 0 bridgehead atoms. The van der Waals surface area contributed by atoms with E-state index in [9.17, 15) is 22.6 Å². The van der Waals surface area contributed by atoms with Crippen LogP contribution in [0.5, 0.6) is 0 Å².